The molecule has 0 spiro atoms. The molecule has 0 bridgehead atoms. The van der Waals surface area contributed by atoms with E-state index in [0.717, 1.165) is 25.7 Å². The minimum absolute atomic E-state index is 0.0221. The van der Waals surface area contributed by atoms with Crippen LogP contribution in [-0.2, 0) is 13.0 Å². The van der Waals surface area contributed by atoms with Crippen molar-refractivity contribution in [1.29, 1.82) is 0 Å². The summed E-state index contributed by atoms with van der Waals surface area (Å²) in [5.41, 5.74) is 1.72. The highest BCUT2D eigenvalue weighted by Gasteiger charge is 2.23. The Bertz CT molecular complexity index is 638. The van der Waals surface area contributed by atoms with Gasteiger partial charge in [0.1, 0.15) is 11.5 Å². The first-order valence-electron chi connectivity index (χ1n) is 7.07. The van der Waals surface area contributed by atoms with Crippen molar-refractivity contribution in [3.63, 3.8) is 0 Å². The minimum Gasteiger partial charge on any atom is -0.298 e. The molecule has 0 aliphatic carbocycles. The van der Waals surface area contributed by atoms with Crippen LogP contribution in [0.25, 0.3) is 0 Å². The third-order valence-corrected chi connectivity index (χ3v) is 4.87. The van der Waals surface area contributed by atoms with E-state index in [0.29, 0.717) is 12.2 Å². The standard InChI is InChI=1S/C16H17FN2OS/c1-11(16(20)14-3-2-13(17)8-18-14)9-19-6-4-15-12(10-19)5-7-21-15/h2-3,5,7-8,11H,4,6,9-10H2,1H3. The van der Waals surface area contributed by atoms with Crippen LogP contribution in [-0.4, -0.2) is 28.8 Å². The van der Waals surface area contributed by atoms with Crippen LogP contribution in [0, 0.1) is 11.7 Å². The van der Waals surface area contributed by atoms with Gasteiger partial charge in [-0.15, -0.1) is 11.3 Å². The maximum atomic E-state index is 12.9. The van der Waals surface area contributed by atoms with Crippen molar-refractivity contribution in [3.05, 3.63) is 51.7 Å². The fourth-order valence-electron chi connectivity index (χ4n) is 2.71. The molecule has 1 unspecified atom stereocenters. The van der Waals surface area contributed by atoms with Gasteiger partial charge in [-0.05, 0) is 35.6 Å². The molecule has 2 aromatic heterocycles. The lowest BCUT2D eigenvalue weighted by molar-refractivity contribution is 0.0882. The van der Waals surface area contributed by atoms with Gasteiger partial charge in [-0.1, -0.05) is 6.92 Å². The zero-order chi connectivity index (χ0) is 14.8. The largest absolute Gasteiger partial charge is 0.298 e. The molecule has 21 heavy (non-hydrogen) atoms. The number of Topliss-reactive ketones (excluding diaryl/α,β-unsaturated/α-hetero) is 1. The van der Waals surface area contributed by atoms with Gasteiger partial charge in [-0.2, -0.15) is 0 Å². The lowest BCUT2D eigenvalue weighted by Gasteiger charge is -2.28. The maximum Gasteiger partial charge on any atom is 0.185 e. The van der Waals surface area contributed by atoms with Crippen molar-refractivity contribution >= 4 is 17.1 Å². The predicted molar refractivity (Wildman–Crippen MR) is 81.0 cm³/mol. The van der Waals surface area contributed by atoms with Gasteiger partial charge in [0, 0.05) is 30.4 Å². The molecule has 1 aliphatic rings. The molecule has 0 saturated carbocycles. The molecule has 3 heterocycles. The summed E-state index contributed by atoms with van der Waals surface area (Å²) in [6, 6.07) is 4.91. The normalized spacial score (nSPS) is 16.5. The van der Waals surface area contributed by atoms with Crippen molar-refractivity contribution in [2.45, 2.75) is 19.9 Å². The van der Waals surface area contributed by atoms with E-state index in [9.17, 15) is 9.18 Å². The van der Waals surface area contributed by atoms with Gasteiger partial charge in [0.05, 0.1) is 6.20 Å². The number of ketones is 1. The van der Waals surface area contributed by atoms with Crippen molar-refractivity contribution in [2.75, 3.05) is 13.1 Å². The molecule has 0 fully saturated rings. The molecule has 0 saturated heterocycles. The third kappa shape index (κ3) is 3.19. The second-order valence-electron chi connectivity index (χ2n) is 5.48. The number of rotatable bonds is 4. The average molecular weight is 304 g/mol. The summed E-state index contributed by atoms with van der Waals surface area (Å²) in [4.78, 5) is 20.0. The zero-order valence-corrected chi connectivity index (χ0v) is 12.7. The zero-order valence-electron chi connectivity index (χ0n) is 11.9. The SMILES string of the molecule is CC(CN1CCc2sccc2C1)C(=O)c1ccc(F)cn1. The Balaban J connectivity index is 1.63. The van der Waals surface area contributed by atoms with Crippen LogP contribution in [0.5, 0.6) is 0 Å². The number of carbonyl (C=O) groups is 1. The number of thiophene rings is 1. The first kappa shape index (κ1) is 14.4. The molecule has 0 aromatic carbocycles. The molecule has 0 N–H and O–H groups in total. The highest BCUT2D eigenvalue weighted by molar-refractivity contribution is 7.10. The van der Waals surface area contributed by atoms with Gasteiger partial charge in [0.15, 0.2) is 5.78 Å². The molecule has 5 heteroatoms. The molecule has 3 rings (SSSR count). The lowest BCUT2D eigenvalue weighted by atomic mass is 10.0. The van der Waals surface area contributed by atoms with Crippen LogP contribution in [0.15, 0.2) is 29.8 Å². The molecular weight excluding hydrogens is 287 g/mol. The van der Waals surface area contributed by atoms with Crippen LogP contribution >= 0.6 is 11.3 Å². The first-order valence-corrected chi connectivity index (χ1v) is 7.95. The number of pyridine rings is 1. The minimum atomic E-state index is -0.416. The number of hydrogen-bond donors (Lipinski definition) is 0. The van der Waals surface area contributed by atoms with Gasteiger partial charge in [0.2, 0.25) is 0 Å². The molecule has 0 radical (unpaired) electrons. The highest BCUT2D eigenvalue weighted by atomic mass is 32.1. The average Bonchev–Trinajstić information content (AvgIpc) is 2.95. The van der Waals surface area contributed by atoms with E-state index in [2.05, 4.69) is 21.3 Å². The van der Waals surface area contributed by atoms with Crippen molar-refractivity contribution < 1.29 is 9.18 Å². The highest BCUT2D eigenvalue weighted by Crippen LogP contribution is 2.24. The van der Waals surface area contributed by atoms with Crippen molar-refractivity contribution in [2.24, 2.45) is 5.92 Å². The van der Waals surface area contributed by atoms with E-state index in [4.69, 9.17) is 0 Å². The number of nitrogens with zero attached hydrogens (tertiary/aromatic N) is 2. The monoisotopic (exact) mass is 304 g/mol. The van der Waals surface area contributed by atoms with Crippen LogP contribution in [0.1, 0.15) is 27.9 Å². The molecular formula is C16H17FN2OS. The smallest absolute Gasteiger partial charge is 0.185 e. The number of fused-ring (bicyclic) bond motifs is 1. The Morgan fingerprint density at radius 2 is 2.33 bits per heavy atom. The van der Waals surface area contributed by atoms with Gasteiger partial charge >= 0.3 is 0 Å². The maximum absolute atomic E-state index is 12.9. The summed E-state index contributed by atoms with van der Waals surface area (Å²) in [6.45, 7) is 4.53. The Labute approximate surface area is 127 Å². The lowest BCUT2D eigenvalue weighted by Crippen LogP contribution is -2.35. The summed E-state index contributed by atoms with van der Waals surface area (Å²) in [5, 5.41) is 2.13. The molecule has 2 aromatic rings. The molecule has 1 aliphatic heterocycles. The number of halogens is 1. The predicted octanol–water partition coefficient (Wildman–Crippen LogP) is 3.16. The van der Waals surface area contributed by atoms with Gasteiger partial charge in [0.25, 0.3) is 0 Å². The van der Waals surface area contributed by atoms with Gasteiger partial charge < -0.3 is 0 Å². The Morgan fingerprint density at radius 3 is 3.10 bits per heavy atom. The summed E-state index contributed by atoms with van der Waals surface area (Å²) in [5.74, 6) is -0.575. The van der Waals surface area contributed by atoms with E-state index < -0.39 is 5.82 Å². The van der Waals surface area contributed by atoms with E-state index in [1.807, 2.05) is 18.3 Å². The third-order valence-electron chi connectivity index (χ3n) is 3.85. The van der Waals surface area contributed by atoms with E-state index in [1.165, 1.54) is 22.6 Å². The fourth-order valence-corrected chi connectivity index (χ4v) is 3.60. The Morgan fingerprint density at radius 1 is 1.48 bits per heavy atom. The van der Waals surface area contributed by atoms with Gasteiger partial charge in [-0.25, -0.2) is 4.39 Å². The quantitative estimate of drug-likeness (QED) is 0.814. The van der Waals surface area contributed by atoms with Crippen LogP contribution in [0.2, 0.25) is 0 Å². The summed E-state index contributed by atoms with van der Waals surface area (Å²) >= 11 is 1.81. The number of aromatic nitrogens is 1. The van der Waals surface area contributed by atoms with Gasteiger partial charge in [-0.3, -0.25) is 14.7 Å². The summed E-state index contributed by atoms with van der Waals surface area (Å²) in [7, 11) is 0. The number of hydrogen-bond acceptors (Lipinski definition) is 4. The molecule has 1 atom stereocenters. The van der Waals surface area contributed by atoms with Crippen LogP contribution in [0.4, 0.5) is 4.39 Å². The Kier molecular flexibility index (Phi) is 4.12. The Hall–Kier alpha value is -1.59. The van der Waals surface area contributed by atoms with Crippen molar-refractivity contribution in [3.8, 4) is 0 Å². The second-order valence-corrected chi connectivity index (χ2v) is 6.48. The van der Waals surface area contributed by atoms with E-state index in [1.54, 1.807) is 0 Å². The fraction of sp³-hybridized carbons (Fsp3) is 0.375. The molecule has 0 amide bonds. The van der Waals surface area contributed by atoms with Crippen molar-refractivity contribution in [1.82, 2.24) is 9.88 Å². The topological polar surface area (TPSA) is 33.2 Å². The van der Waals surface area contributed by atoms with E-state index in [-0.39, 0.29) is 11.7 Å². The molecule has 110 valence electrons. The summed E-state index contributed by atoms with van der Waals surface area (Å²) in [6.07, 6.45) is 2.15. The molecule has 3 nitrogen and oxygen atoms in total. The number of carbonyl (C=O) groups excluding carboxylic acids is 1. The van der Waals surface area contributed by atoms with Crippen LogP contribution < -0.4 is 0 Å². The second kappa shape index (κ2) is 6.03. The summed E-state index contributed by atoms with van der Waals surface area (Å²) < 4.78 is 12.9. The van der Waals surface area contributed by atoms with Crippen LogP contribution in [0.3, 0.4) is 0 Å². The van der Waals surface area contributed by atoms with E-state index >= 15 is 0 Å². The first-order chi connectivity index (χ1) is 10.1.